The number of rotatable bonds is 2. The van der Waals surface area contributed by atoms with E-state index >= 15 is 0 Å². The van der Waals surface area contributed by atoms with Crippen molar-refractivity contribution in [1.29, 1.82) is 0 Å². The van der Waals surface area contributed by atoms with Crippen LogP contribution in [0.4, 0.5) is 10.6 Å². The number of fused-ring (bicyclic) bond motifs is 1. The molecular weight excluding hydrogens is 302 g/mol. The van der Waals surface area contributed by atoms with E-state index in [1.54, 1.807) is 0 Å². The Balaban J connectivity index is 1.30. The van der Waals surface area contributed by atoms with Crippen LogP contribution in [0.25, 0.3) is 0 Å². The lowest BCUT2D eigenvalue weighted by Crippen LogP contribution is -2.69. The van der Waals surface area contributed by atoms with Gasteiger partial charge >= 0.3 is 6.03 Å². The molecule has 5 rings (SSSR count). The number of aromatic nitrogens is 1. The number of nitrogens with zero attached hydrogens (tertiary/aromatic N) is 2. The summed E-state index contributed by atoms with van der Waals surface area (Å²) in [5.74, 6) is 1.42. The summed E-state index contributed by atoms with van der Waals surface area (Å²) in [7, 11) is 0. The number of carbonyl (C=O) groups excluding carboxylic acids is 1. The van der Waals surface area contributed by atoms with Crippen LogP contribution in [0.5, 0.6) is 0 Å². The van der Waals surface area contributed by atoms with E-state index in [0.717, 1.165) is 51.1 Å². The molecule has 1 N–H and O–H groups in total. The summed E-state index contributed by atoms with van der Waals surface area (Å²) >= 11 is 0. The highest BCUT2D eigenvalue weighted by Gasteiger charge is 2.59. The minimum absolute atomic E-state index is 0.0365. The topological polar surface area (TPSA) is 54.5 Å². The van der Waals surface area contributed by atoms with Crippen LogP contribution in [0.3, 0.4) is 0 Å². The lowest BCUT2D eigenvalue weighted by atomic mass is 9.64. The van der Waals surface area contributed by atoms with Crippen LogP contribution in [0.15, 0.2) is 12.1 Å². The molecule has 0 radical (unpaired) electrons. The van der Waals surface area contributed by atoms with Crippen molar-refractivity contribution in [2.75, 3.05) is 25.1 Å². The number of ether oxygens (including phenoxy) is 1. The highest BCUT2D eigenvalue weighted by Crippen LogP contribution is 2.54. The third-order valence-corrected chi connectivity index (χ3v) is 6.43. The lowest BCUT2D eigenvalue weighted by Gasteiger charge is -2.59. The molecule has 2 aliphatic carbocycles. The van der Waals surface area contributed by atoms with Crippen LogP contribution in [-0.4, -0.2) is 41.7 Å². The molecule has 1 unspecified atom stereocenters. The summed E-state index contributed by atoms with van der Waals surface area (Å²) in [6.45, 7) is 2.59. The fraction of sp³-hybridized carbons (Fsp3) is 0.684. The highest BCUT2D eigenvalue weighted by atomic mass is 16.5. The summed E-state index contributed by atoms with van der Waals surface area (Å²) in [5, 5.41) is 3.05. The predicted octanol–water partition coefficient (Wildman–Crippen LogP) is 2.99. The SMILES string of the molecule is O=C(Nc1ccc2c(n1)CCC2)N1CC2(CCOCC2)C1C1CC1. The Hall–Kier alpha value is -1.62. The largest absolute Gasteiger partial charge is 0.381 e. The van der Waals surface area contributed by atoms with Crippen LogP contribution in [0, 0.1) is 11.3 Å². The third kappa shape index (κ3) is 2.32. The second kappa shape index (κ2) is 5.45. The number of hydrogen-bond donors (Lipinski definition) is 1. The Morgan fingerprint density at radius 3 is 2.88 bits per heavy atom. The molecule has 0 aromatic carbocycles. The Labute approximate surface area is 142 Å². The van der Waals surface area contributed by atoms with Gasteiger partial charge in [-0.25, -0.2) is 9.78 Å². The molecule has 24 heavy (non-hydrogen) atoms. The minimum atomic E-state index is 0.0365. The Morgan fingerprint density at radius 1 is 1.25 bits per heavy atom. The molecule has 128 valence electrons. The monoisotopic (exact) mass is 327 g/mol. The van der Waals surface area contributed by atoms with E-state index in [0.29, 0.717) is 23.2 Å². The van der Waals surface area contributed by atoms with Gasteiger partial charge < -0.3 is 9.64 Å². The fourth-order valence-corrected chi connectivity index (χ4v) is 5.02. The van der Waals surface area contributed by atoms with Crippen molar-refractivity contribution in [3.8, 4) is 0 Å². The first-order valence-corrected chi connectivity index (χ1v) is 9.39. The molecular formula is C19H25N3O2. The Kier molecular flexibility index (Phi) is 3.34. The molecule has 1 saturated carbocycles. The average Bonchev–Trinajstić information content (AvgIpc) is 3.28. The number of hydrogen-bond acceptors (Lipinski definition) is 3. The van der Waals surface area contributed by atoms with Crippen molar-refractivity contribution in [3.63, 3.8) is 0 Å². The molecule has 3 heterocycles. The van der Waals surface area contributed by atoms with Crippen LogP contribution in [0.1, 0.15) is 43.4 Å². The van der Waals surface area contributed by atoms with Gasteiger partial charge in [-0.15, -0.1) is 0 Å². The molecule has 2 aliphatic heterocycles. The number of urea groups is 1. The maximum atomic E-state index is 12.8. The quantitative estimate of drug-likeness (QED) is 0.908. The first kappa shape index (κ1) is 14.7. The average molecular weight is 327 g/mol. The highest BCUT2D eigenvalue weighted by molar-refractivity contribution is 5.89. The molecule has 1 aromatic rings. The van der Waals surface area contributed by atoms with Gasteiger partial charge in [0, 0.05) is 36.9 Å². The number of anilines is 1. The van der Waals surface area contributed by atoms with Gasteiger partial charge in [0.15, 0.2) is 0 Å². The summed E-state index contributed by atoms with van der Waals surface area (Å²) in [4.78, 5) is 19.5. The van der Waals surface area contributed by atoms with E-state index in [1.165, 1.54) is 24.8 Å². The Morgan fingerprint density at radius 2 is 2.08 bits per heavy atom. The standard InChI is InChI=1S/C19H25N3O2/c23-18(21-16-7-6-13-2-1-3-15(13)20-16)22-12-19(8-10-24-11-9-19)17(22)14-4-5-14/h6-7,14,17H,1-5,8-12H2,(H,20,21,23). The number of nitrogens with one attached hydrogen (secondary N) is 1. The van der Waals surface area contributed by atoms with Crippen molar-refractivity contribution in [2.24, 2.45) is 11.3 Å². The summed E-state index contributed by atoms with van der Waals surface area (Å²) in [6, 6.07) is 4.53. The fourth-order valence-electron chi connectivity index (χ4n) is 5.02. The molecule has 2 saturated heterocycles. The molecule has 2 amide bonds. The zero-order valence-corrected chi connectivity index (χ0v) is 14.1. The summed E-state index contributed by atoms with van der Waals surface area (Å²) in [5.41, 5.74) is 2.83. The molecule has 1 aromatic heterocycles. The van der Waals surface area contributed by atoms with Gasteiger partial charge in [-0.3, -0.25) is 5.32 Å². The van der Waals surface area contributed by atoms with Gasteiger partial charge in [-0.1, -0.05) is 6.07 Å². The van der Waals surface area contributed by atoms with Gasteiger partial charge in [0.2, 0.25) is 0 Å². The van der Waals surface area contributed by atoms with E-state index in [9.17, 15) is 4.79 Å². The second-order valence-corrected chi connectivity index (χ2v) is 7.97. The third-order valence-electron chi connectivity index (χ3n) is 6.43. The molecule has 1 spiro atoms. The number of aryl methyl sites for hydroxylation is 2. The zero-order valence-electron chi connectivity index (χ0n) is 14.1. The van der Waals surface area contributed by atoms with Crippen LogP contribution in [-0.2, 0) is 17.6 Å². The molecule has 3 fully saturated rings. The minimum Gasteiger partial charge on any atom is -0.381 e. The zero-order chi connectivity index (χ0) is 16.1. The number of carbonyl (C=O) groups is 1. The smallest absolute Gasteiger partial charge is 0.323 e. The molecule has 5 heteroatoms. The van der Waals surface area contributed by atoms with Crippen molar-refractivity contribution < 1.29 is 9.53 Å². The molecule has 0 bridgehead atoms. The van der Waals surface area contributed by atoms with E-state index in [1.807, 2.05) is 6.07 Å². The predicted molar refractivity (Wildman–Crippen MR) is 91.0 cm³/mol. The maximum absolute atomic E-state index is 12.8. The van der Waals surface area contributed by atoms with E-state index < -0.39 is 0 Å². The number of likely N-dealkylation sites (tertiary alicyclic amines) is 1. The second-order valence-electron chi connectivity index (χ2n) is 7.97. The normalized spacial score (nSPS) is 27.7. The molecule has 5 nitrogen and oxygen atoms in total. The van der Waals surface area contributed by atoms with Gasteiger partial charge in [0.25, 0.3) is 0 Å². The van der Waals surface area contributed by atoms with Gasteiger partial charge in [0.05, 0.1) is 0 Å². The first-order valence-electron chi connectivity index (χ1n) is 9.39. The first-order chi connectivity index (χ1) is 11.8. The Bertz CT molecular complexity index is 665. The van der Waals surface area contributed by atoms with Crippen LogP contribution < -0.4 is 5.32 Å². The summed E-state index contributed by atoms with van der Waals surface area (Å²) < 4.78 is 5.55. The number of amides is 2. The maximum Gasteiger partial charge on any atom is 0.323 e. The van der Waals surface area contributed by atoms with E-state index in [2.05, 4.69) is 21.3 Å². The lowest BCUT2D eigenvalue weighted by molar-refractivity contribution is -0.115. The number of pyridine rings is 1. The van der Waals surface area contributed by atoms with Crippen LogP contribution >= 0.6 is 0 Å². The summed E-state index contributed by atoms with van der Waals surface area (Å²) in [6.07, 6.45) is 8.10. The van der Waals surface area contributed by atoms with Crippen molar-refractivity contribution >= 4 is 11.8 Å². The van der Waals surface area contributed by atoms with Gasteiger partial charge in [0.1, 0.15) is 5.82 Å². The van der Waals surface area contributed by atoms with E-state index in [-0.39, 0.29) is 6.03 Å². The molecule has 1 atom stereocenters. The van der Waals surface area contributed by atoms with E-state index in [4.69, 9.17) is 4.74 Å². The van der Waals surface area contributed by atoms with Gasteiger partial charge in [-0.2, -0.15) is 0 Å². The van der Waals surface area contributed by atoms with Crippen molar-refractivity contribution in [1.82, 2.24) is 9.88 Å². The van der Waals surface area contributed by atoms with Gasteiger partial charge in [-0.05, 0) is 62.5 Å². The van der Waals surface area contributed by atoms with Crippen molar-refractivity contribution in [3.05, 3.63) is 23.4 Å². The molecule has 4 aliphatic rings. The van der Waals surface area contributed by atoms with Crippen molar-refractivity contribution in [2.45, 2.75) is 51.0 Å². The van der Waals surface area contributed by atoms with Crippen LogP contribution in [0.2, 0.25) is 0 Å².